The Bertz CT molecular complexity index is 797. The molecule has 1 aliphatic heterocycles. The first-order valence-electron chi connectivity index (χ1n) is 10.0. The molecule has 1 amide bonds. The Balaban J connectivity index is 2.16. The highest BCUT2D eigenvalue weighted by Crippen LogP contribution is 2.25. The molecule has 7 heteroatoms. The third kappa shape index (κ3) is 6.15. The van der Waals surface area contributed by atoms with Crippen molar-refractivity contribution in [3.63, 3.8) is 0 Å². The minimum absolute atomic E-state index is 0.162. The van der Waals surface area contributed by atoms with Gasteiger partial charge in [-0.3, -0.25) is 9.69 Å². The maximum absolute atomic E-state index is 13.1. The maximum Gasteiger partial charge on any atom is 0.243 e. The van der Waals surface area contributed by atoms with Crippen molar-refractivity contribution in [2.24, 2.45) is 0 Å². The van der Waals surface area contributed by atoms with Gasteiger partial charge in [-0.15, -0.1) is 0 Å². The van der Waals surface area contributed by atoms with Crippen LogP contribution in [0.4, 0.5) is 5.69 Å². The second-order valence-corrected chi connectivity index (χ2v) is 9.51. The SMILES string of the molecule is C=C(C)CN(CC)CC(=O)Nc1ccc(C)c(S(=O)(=O)N2CCCCCC2)c1. The lowest BCUT2D eigenvalue weighted by Gasteiger charge is -2.22. The summed E-state index contributed by atoms with van der Waals surface area (Å²) in [7, 11) is -3.56. The van der Waals surface area contributed by atoms with Crippen LogP contribution >= 0.6 is 0 Å². The molecule has 1 saturated heterocycles. The number of nitrogens with one attached hydrogen (secondary N) is 1. The summed E-state index contributed by atoms with van der Waals surface area (Å²) in [6.45, 7) is 12.4. The molecule has 0 aromatic heterocycles. The number of anilines is 1. The predicted molar refractivity (Wildman–Crippen MR) is 114 cm³/mol. The van der Waals surface area contributed by atoms with Gasteiger partial charge in [-0.1, -0.05) is 38.0 Å². The molecule has 0 radical (unpaired) electrons. The fourth-order valence-corrected chi connectivity index (χ4v) is 5.21. The number of sulfonamides is 1. The van der Waals surface area contributed by atoms with Crippen LogP contribution in [-0.2, 0) is 14.8 Å². The van der Waals surface area contributed by atoms with Crippen molar-refractivity contribution in [3.05, 3.63) is 35.9 Å². The van der Waals surface area contributed by atoms with Gasteiger partial charge in [0.15, 0.2) is 0 Å². The van der Waals surface area contributed by atoms with Crippen LogP contribution in [0, 0.1) is 6.92 Å². The van der Waals surface area contributed by atoms with Crippen molar-refractivity contribution in [1.29, 1.82) is 0 Å². The highest BCUT2D eigenvalue weighted by atomic mass is 32.2. The van der Waals surface area contributed by atoms with Crippen LogP contribution in [-0.4, -0.2) is 56.3 Å². The molecule has 28 heavy (non-hydrogen) atoms. The zero-order valence-corrected chi connectivity index (χ0v) is 18.1. The van der Waals surface area contributed by atoms with Crippen LogP contribution in [0.3, 0.4) is 0 Å². The van der Waals surface area contributed by atoms with E-state index >= 15 is 0 Å². The molecule has 0 spiro atoms. The van der Waals surface area contributed by atoms with Crippen LogP contribution in [0.15, 0.2) is 35.2 Å². The maximum atomic E-state index is 13.1. The lowest BCUT2D eigenvalue weighted by molar-refractivity contribution is -0.117. The molecular weight excluding hydrogens is 374 g/mol. The minimum atomic E-state index is -3.56. The molecule has 1 heterocycles. The number of amides is 1. The molecule has 1 aromatic rings. The van der Waals surface area contributed by atoms with Gasteiger partial charge in [-0.05, 0) is 50.9 Å². The van der Waals surface area contributed by atoms with Gasteiger partial charge in [0, 0.05) is 25.3 Å². The Labute approximate surface area is 169 Å². The van der Waals surface area contributed by atoms with Crippen molar-refractivity contribution in [2.75, 3.05) is 38.0 Å². The van der Waals surface area contributed by atoms with E-state index < -0.39 is 10.0 Å². The molecule has 6 nitrogen and oxygen atoms in total. The van der Waals surface area contributed by atoms with Gasteiger partial charge in [-0.2, -0.15) is 4.31 Å². The first-order chi connectivity index (χ1) is 13.2. The second kappa shape index (κ2) is 10.2. The number of carbonyl (C=O) groups excluding carboxylic acids is 1. The topological polar surface area (TPSA) is 69.7 Å². The van der Waals surface area contributed by atoms with Gasteiger partial charge >= 0.3 is 0 Å². The van der Waals surface area contributed by atoms with E-state index in [1.807, 2.05) is 18.7 Å². The second-order valence-electron chi connectivity index (χ2n) is 7.61. The smallest absolute Gasteiger partial charge is 0.243 e. The molecule has 0 saturated carbocycles. The van der Waals surface area contributed by atoms with Gasteiger partial charge in [0.05, 0.1) is 11.4 Å². The van der Waals surface area contributed by atoms with Gasteiger partial charge in [0.25, 0.3) is 0 Å². The van der Waals surface area contributed by atoms with E-state index in [-0.39, 0.29) is 17.3 Å². The molecule has 1 aliphatic rings. The fourth-order valence-electron chi connectivity index (χ4n) is 3.44. The standard InChI is InChI=1S/C21H33N3O3S/c1-5-23(15-17(2)3)16-21(25)22-19-11-10-18(4)20(14-19)28(26,27)24-12-8-6-7-9-13-24/h10-11,14H,2,5-9,12-13,15-16H2,1,3-4H3,(H,22,25). The number of hydrogen-bond acceptors (Lipinski definition) is 4. The zero-order valence-electron chi connectivity index (χ0n) is 17.3. The van der Waals surface area contributed by atoms with E-state index in [4.69, 9.17) is 0 Å². The molecule has 156 valence electrons. The van der Waals surface area contributed by atoms with Crippen LogP contribution in [0.2, 0.25) is 0 Å². The van der Waals surface area contributed by atoms with Crippen LogP contribution < -0.4 is 5.32 Å². The largest absolute Gasteiger partial charge is 0.325 e. The van der Waals surface area contributed by atoms with E-state index in [2.05, 4.69) is 11.9 Å². The molecular formula is C21H33N3O3S. The Kier molecular flexibility index (Phi) is 8.22. The molecule has 0 atom stereocenters. The van der Waals surface area contributed by atoms with Gasteiger partial charge in [0.2, 0.25) is 15.9 Å². The van der Waals surface area contributed by atoms with Crippen molar-refractivity contribution in [2.45, 2.75) is 51.3 Å². The van der Waals surface area contributed by atoms with E-state index in [0.29, 0.717) is 30.9 Å². The molecule has 0 unspecified atom stereocenters. The monoisotopic (exact) mass is 407 g/mol. The van der Waals surface area contributed by atoms with Gasteiger partial charge in [0.1, 0.15) is 0 Å². The summed E-state index contributed by atoms with van der Waals surface area (Å²) in [6, 6.07) is 5.10. The molecule has 0 aliphatic carbocycles. The Morgan fingerprint density at radius 3 is 2.39 bits per heavy atom. The lowest BCUT2D eigenvalue weighted by atomic mass is 10.2. The van der Waals surface area contributed by atoms with Gasteiger partial charge in [-0.25, -0.2) is 8.42 Å². The highest BCUT2D eigenvalue weighted by Gasteiger charge is 2.27. The van der Waals surface area contributed by atoms with Gasteiger partial charge < -0.3 is 5.32 Å². The number of likely N-dealkylation sites (N-methyl/N-ethyl adjacent to an activating group) is 1. The Morgan fingerprint density at radius 2 is 1.82 bits per heavy atom. The zero-order chi connectivity index (χ0) is 20.7. The summed E-state index contributed by atoms with van der Waals surface area (Å²) in [4.78, 5) is 14.7. The lowest BCUT2D eigenvalue weighted by Crippen LogP contribution is -2.34. The van der Waals surface area contributed by atoms with Crippen LogP contribution in [0.25, 0.3) is 0 Å². The van der Waals surface area contributed by atoms with E-state index in [0.717, 1.165) is 37.8 Å². The number of aryl methyl sites for hydroxylation is 1. The summed E-state index contributed by atoms with van der Waals surface area (Å²) in [5, 5.41) is 2.84. The third-order valence-corrected chi connectivity index (χ3v) is 7.00. The van der Waals surface area contributed by atoms with E-state index in [1.54, 1.807) is 29.4 Å². The molecule has 1 N–H and O–H groups in total. The van der Waals surface area contributed by atoms with Crippen molar-refractivity contribution >= 4 is 21.6 Å². The number of benzene rings is 1. The predicted octanol–water partition coefficient (Wildman–Crippen LogP) is 3.40. The summed E-state index contributed by atoms with van der Waals surface area (Å²) in [5.74, 6) is -0.162. The van der Waals surface area contributed by atoms with Crippen molar-refractivity contribution < 1.29 is 13.2 Å². The quantitative estimate of drug-likeness (QED) is 0.671. The molecule has 1 aromatic carbocycles. The van der Waals surface area contributed by atoms with Crippen LogP contribution in [0.5, 0.6) is 0 Å². The first kappa shape index (κ1) is 22.6. The summed E-state index contributed by atoms with van der Waals surface area (Å²) < 4.78 is 27.9. The molecule has 1 fully saturated rings. The first-order valence-corrected chi connectivity index (χ1v) is 11.5. The number of hydrogen-bond donors (Lipinski definition) is 1. The Morgan fingerprint density at radius 1 is 1.18 bits per heavy atom. The van der Waals surface area contributed by atoms with E-state index in [9.17, 15) is 13.2 Å². The molecule has 2 rings (SSSR count). The average molecular weight is 408 g/mol. The summed E-state index contributed by atoms with van der Waals surface area (Å²) in [5.41, 5.74) is 2.20. The average Bonchev–Trinajstić information content (AvgIpc) is 2.92. The number of rotatable bonds is 8. The Hall–Kier alpha value is -1.70. The molecule has 0 bridgehead atoms. The number of nitrogens with zero attached hydrogens (tertiary/aromatic N) is 2. The third-order valence-electron chi connectivity index (χ3n) is 4.96. The van der Waals surface area contributed by atoms with E-state index in [1.165, 1.54) is 0 Å². The summed E-state index contributed by atoms with van der Waals surface area (Å²) in [6.07, 6.45) is 3.92. The number of carbonyl (C=O) groups is 1. The summed E-state index contributed by atoms with van der Waals surface area (Å²) >= 11 is 0. The normalized spacial score (nSPS) is 16.0. The highest BCUT2D eigenvalue weighted by molar-refractivity contribution is 7.89. The van der Waals surface area contributed by atoms with Crippen molar-refractivity contribution in [3.8, 4) is 0 Å². The van der Waals surface area contributed by atoms with Crippen LogP contribution in [0.1, 0.15) is 45.1 Å². The minimum Gasteiger partial charge on any atom is -0.325 e. The fraction of sp³-hybridized carbons (Fsp3) is 0.571. The van der Waals surface area contributed by atoms with Crippen molar-refractivity contribution in [1.82, 2.24) is 9.21 Å².